The molecule has 0 aromatic carbocycles. The lowest BCUT2D eigenvalue weighted by atomic mass is 9.94. The molecule has 2 aromatic rings. The van der Waals surface area contributed by atoms with Gasteiger partial charge in [-0.3, -0.25) is 9.59 Å². The van der Waals surface area contributed by atoms with Gasteiger partial charge < -0.3 is 30.7 Å². The summed E-state index contributed by atoms with van der Waals surface area (Å²) in [5, 5.41) is 21.2. The molecule has 4 heterocycles. The number of rotatable bonds is 10. The van der Waals surface area contributed by atoms with Gasteiger partial charge in [0.15, 0.2) is 17.0 Å². The Balaban J connectivity index is 1.49. The predicted octanol–water partition coefficient (Wildman–Crippen LogP) is -0.0305. The Bertz CT molecular complexity index is 1250. The summed E-state index contributed by atoms with van der Waals surface area (Å²) in [7, 11) is 1.28. The molecule has 2 atom stereocenters. The fourth-order valence-electron chi connectivity index (χ4n) is 3.92. The molecular formula is C22H24N6O5S3. The number of aryl methyl sites for hydroxylation is 1. The molecule has 190 valence electrons. The van der Waals surface area contributed by atoms with Crippen molar-refractivity contribution in [2.75, 3.05) is 24.3 Å². The number of thioether (sulfide) groups is 2. The molecule has 0 saturated carbocycles. The fraction of sp³-hybridized carbons (Fsp3) is 0.364. The van der Waals surface area contributed by atoms with Crippen molar-refractivity contribution in [3.63, 3.8) is 0 Å². The van der Waals surface area contributed by atoms with Crippen LogP contribution in [0.4, 0.5) is 5.13 Å². The summed E-state index contributed by atoms with van der Waals surface area (Å²) in [5.41, 5.74) is 5.59. The molecule has 2 unspecified atom stereocenters. The van der Waals surface area contributed by atoms with E-state index in [1.807, 2.05) is 24.4 Å². The number of anilines is 1. The maximum absolute atomic E-state index is 13.0. The maximum atomic E-state index is 13.0. The van der Waals surface area contributed by atoms with Crippen molar-refractivity contribution in [1.29, 1.82) is 0 Å². The summed E-state index contributed by atoms with van der Waals surface area (Å²) >= 11 is 3.99. The van der Waals surface area contributed by atoms with E-state index in [2.05, 4.69) is 26.9 Å². The molecule has 14 heteroatoms. The van der Waals surface area contributed by atoms with Crippen molar-refractivity contribution in [3.05, 3.63) is 46.1 Å². The number of amides is 2. The number of β-lactam (4-membered cyclic amide) rings is 1. The minimum atomic E-state index is -1.42. The molecule has 0 radical (unpaired) electrons. The number of nitrogens with zero attached hydrogens (tertiary/aromatic N) is 4. The molecule has 0 spiro atoms. The number of nitrogens with two attached hydrogens (primary N) is 1. The molecule has 0 bridgehead atoms. The van der Waals surface area contributed by atoms with Crippen molar-refractivity contribution in [1.82, 2.24) is 15.2 Å². The SMILES string of the molecule is CCC[n+]1ccccc1SCC1=C(C(=O)[O-])N2C(=O)C(NC(=O)C(=NOC)c3csc(N)n3)C2CS1. The van der Waals surface area contributed by atoms with Gasteiger partial charge in [-0.05, 0) is 6.07 Å². The lowest BCUT2D eigenvalue weighted by molar-refractivity contribution is -0.732. The van der Waals surface area contributed by atoms with Crippen LogP contribution in [0.2, 0.25) is 0 Å². The Morgan fingerprint density at radius 1 is 1.44 bits per heavy atom. The summed E-state index contributed by atoms with van der Waals surface area (Å²) in [6, 6.07) is 4.42. The lowest BCUT2D eigenvalue weighted by Crippen LogP contribution is -2.73. The quantitative estimate of drug-likeness (QED) is 0.137. The van der Waals surface area contributed by atoms with Gasteiger partial charge in [-0.1, -0.05) is 23.8 Å². The molecule has 11 nitrogen and oxygen atoms in total. The third-order valence-electron chi connectivity index (χ3n) is 5.51. The van der Waals surface area contributed by atoms with E-state index < -0.39 is 29.9 Å². The molecule has 0 aliphatic carbocycles. The average Bonchev–Trinajstić information content (AvgIpc) is 3.30. The van der Waals surface area contributed by atoms with E-state index in [1.54, 1.807) is 5.38 Å². The number of oxime groups is 1. The topological polar surface area (TPSA) is 154 Å². The van der Waals surface area contributed by atoms with Crippen LogP contribution in [0.5, 0.6) is 0 Å². The third-order valence-corrected chi connectivity index (χ3v) is 8.66. The number of fused-ring (bicyclic) bond motifs is 1. The minimum absolute atomic E-state index is 0.129. The molecule has 2 aromatic heterocycles. The monoisotopic (exact) mass is 548 g/mol. The highest BCUT2D eigenvalue weighted by atomic mass is 32.2. The van der Waals surface area contributed by atoms with Crippen molar-refractivity contribution in [2.24, 2.45) is 5.16 Å². The predicted molar refractivity (Wildman–Crippen MR) is 135 cm³/mol. The van der Waals surface area contributed by atoms with Gasteiger partial charge in [0.2, 0.25) is 5.03 Å². The number of carbonyl (C=O) groups is 3. The van der Waals surface area contributed by atoms with Crippen molar-refractivity contribution in [2.45, 2.75) is 37.0 Å². The van der Waals surface area contributed by atoms with Gasteiger partial charge in [-0.15, -0.1) is 23.1 Å². The van der Waals surface area contributed by atoms with Crippen LogP contribution in [0.1, 0.15) is 19.0 Å². The molecule has 1 fully saturated rings. The summed E-state index contributed by atoms with van der Waals surface area (Å²) in [4.78, 5) is 48.5. The number of pyridine rings is 1. The standard InChI is InChI=1S/C22H24N6O5S3/c1-3-7-27-8-5-4-6-15(27)35-11-14-18(21(31)32)28-13(10-34-14)17(20(28)30)25-19(29)16(26-33-2)12-9-36-22(23)24-12/h4-6,8-9,13,17H,3,7,10-11H2,1-2H3,(H3-,23,24,25,29,31,32). The van der Waals surface area contributed by atoms with Gasteiger partial charge in [-0.2, -0.15) is 4.57 Å². The molecular weight excluding hydrogens is 524 g/mol. The number of aliphatic carboxylic acids is 1. The summed E-state index contributed by atoms with van der Waals surface area (Å²) in [6.45, 7) is 2.93. The second-order valence-corrected chi connectivity index (χ2v) is 10.8. The number of hydrogen-bond acceptors (Lipinski definition) is 11. The van der Waals surface area contributed by atoms with E-state index in [0.717, 1.165) is 29.3 Å². The zero-order valence-corrected chi connectivity index (χ0v) is 22.0. The van der Waals surface area contributed by atoms with Gasteiger partial charge in [0.25, 0.3) is 11.8 Å². The maximum Gasteiger partial charge on any atom is 0.276 e. The second-order valence-electron chi connectivity index (χ2n) is 7.81. The van der Waals surface area contributed by atoms with E-state index in [-0.39, 0.29) is 22.2 Å². The number of nitrogens with one attached hydrogen (secondary N) is 1. The van der Waals surface area contributed by atoms with E-state index in [9.17, 15) is 19.5 Å². The fourth-order valence-corrected chi connectivity index (χ4v) is 6.92. The number of carbonyl (C=O) groups excluding carboxylic acids is 3. The summed E-state index contributed by atoms with van der Waals surface area (Å²) in [5.74, 6) is -1.81. The highest BCUT2D eigenvalue weighted by Gasteiger charge is 2.52. The molecule has 2 aliphatic heterocycles. The Hall–Kier alpha value is -3.10. The first kappa shape index (κ1) is 26.0. The normalized spacial score (nSPS) is 19.6. The van der Waals surface area contributed by atoms with Crippen molar-refractivity contribution >= 4 is 63.5 Å². The molecule has 4 rings (SSSR count). The first-order valence-corrected chi connectivity index (χ1v) is 13.9. The summed E-state index contributed by atoms with van der Waals surface area (Å²) < 4.78 is 2.11. The smallest absolute Gasteiger partial charge is 0.276 e. The van der Waals surface area contributed by atoms with E-state index in [0.29, 0.717) is 16.4 Å². The number of thiazole rings is 1. The van der Waals surface area contributed by atoms with Crippen LogP contribution in [-0.2, 0) is 25.8 Å². The van der Waals surface area contributed by atoms with Crippen molar-refractivity contribution < 1.29 is 28.9 Å². The number of carboxylic acids is 1. The average molecular weight is 549 g/mol. The number of hydrogen-bond donors (Lipinski definition) is 2. The van der Waals surface area contributed by atoms with Gasteiger partial charge in [0, 0.05) is 40.3 Å². The molecule has 36 heavy (non-hydrogen) atoms. The van der Waals surface area contributed by atoms with E-state index in [1.165, 1.54) is 35.5 Å². The molecule has 1 saturated heterocycles. The van der Waals surface area contributed by atoms with E-state index in [4.69, 9.17) is 10.6 Å². The van der Waals surface area contributed by atoms with Crippen LogP contribution in [0.15, 0.2) is 50.6 Å². The first-order valence-electron chi connectivity index (χ1n) is 11.0. The van der Waals surface area contributed by atoms with Crippen LogP contribution in [0.25, 0.3) is 0 Å². The molecule has 2 amide bonds. The van der Waals surface area contributed by atoms with Crippen LogP contribution in [0, 0.1) is 0 Å². The van der Waals surface area contributed by atoms with Gasteiger partial charge in [0.1, 0.15) is 25.4 Å². The van der Waals surface area contributed by atoms with E-state index >= 15 is 0 Å². The largest absolute Gasteiger partial charge is 0.543 e. The van der Waals surface area contributed by atoms with Crippen LogP contribution >= 0.6 is 34.9 Å². The zero-order valence-electron chi connectivity index (χ0n) is 19.5. The molecule has 2 aliphatic rings. The minimum Gasteiger partial charge on any atom is -0.543 e. The van der Waals surface area contributed by atoms with Gasteiger partial charge in [-0.25, -0.2) is 4.98 Å². The Morgan fingerprint density at radius 2 is 2.25 bits per heavy atom. The highest BCUT2D eigenvalue weighted by Crippen LogP contribution is 2.40. The van der Waals surface area contributed by atoms with Crippen LogP contribution < -0.4 is 20.7 Å². The second kappa shape index (κ2) is 11.3. The summed E-state index contributed by atoms with van der Waals surface area (Å²) in [6.07, 6.45) is 2.95. The molecule has 3 N–H and O–H groups in total. The van der Waals surface area contributed by atoms with Crippen molar-refractivity contribution in [3.8, 4) is 0 Å². The van der Waals surface area contributed by atoms with Crippen LogP contribution in [0.3, 0.4) is 0 Å². The number of aromatic nitrogens is 2. The Kier molecular flexibility index (Phi) is 8.16. The zero-order chi connectivity index (χ0) is 25.8. The van der Waals surface area contributed by atoms with Gasteiger partial charge in [0.05, 0.1) is 17.7 Å². The Labute approximate surface area is 219 Å². The number of nitrogen functional groups attached to an aromatic ring is 1. The number of carboxylic acid groups (broad SMARTS) is 1. The van der Waals surface area contributed by atoms with Crippen LogP contribution in [-0.4, -0.2) is 64.1 Å². The highest BCUT2D eigenvalue weighted by molar-refractivity contribution is 8.06. The lowest BCUT2D eigenvalue weighted by Gasteiger charge is -2.51. The first-order chi connectivity index (χ1) is 17.3. The van der Waals surface area contributed by atoms with Gasteiger partial charge >= 0.3 is 0 Å². The third kappa shape index (κ3) is 5.20. The Morgan fingerprint density at radius 3 is 2.92 bits per heavy atom.